The predicted molar refractivity (Wildman–Crippen MR) is 366 cm³/mol. The Kier molecular flexibility index (Phi) is 23.7. The predicted octanol–water partition coefficient (Wildman–Crippen LogP) is 1.62. The lowest BCUT2D eigenvalue weighted by atomic mass is 9.98. The van der Waals surface area contributed by atoms with E-state index in [0.717, 1.165) is 61.2 Å². The van der Waals surface area contributed by atoms with Gasteiger partial charge in [0.05, 0.1) is 43.2 Å². The number of nitrogens with zero attached hydrogens (tertiary/aromatic N) is 3. The second-order valence-electron chi connectivity index (χ2n) is 27.6. The maximum atomic E-state index is 15.3. The summed E-state index contributed by atoms with van der Waals surface area (Å²) in [4.78, 5) is 132. The van der Waals surface area contributed by atoms with Crippen LogP contribution in [-0.4, -0.2) is 242 Å². The monoisotopic (exact) mass is 1410 g/mol. The Hall–Kier alpha value is -9.91. The van der Waals surface area contributed by atoms with Gasteiger partial charge in [-0.05, 0) is 96.3 Å². The number of phenolic OH excluding ortho intramolecular Hbond substituents is 1. The fourth-order valence-corrected chi connectivity index (χ4v) is 13.8. The molecule has 0 aromatic heterocycles. The van der Waals surface area contributed by atoms with Crippen LogP contribution in [0.5, 0.6) is 11.5 Å². The molecule has 102 heavy (non-hydrogen) atoms. The average molecular weight is 1410 g/mol. The highest BCUT2D eigenvalue weighted by Crippen LogP contribution is 2.46. The molecule has 3 heterocycles. The minimum Gasteiger partial charge on any atom is -0.504 e. The second kappa shape index (κ2) is 32.4. The number of β-amino-alcohol motifs (C(OH)–C–C–N with tert-alkyl or cyclic N) is 1. The summed E-state index contributed by atoms with van der Waals surface area (Å²) in [5, 5.41) is 95.6. The Balaban J connectivity index is 0.912. The van der Waals surface area contributed by atoms with Gasteiger partial charge >= 0.3 is 18.3 Å². The maximum Gasteiger partial charge on any atom is 0.409 e. The van der Waals surface area contributed by atoms with Gasteiger partial charge in [0, 0.05) is 70.2 Å². The Morgan fingerprint density at radius 3 is 1.77 bits per heavy atom. The van der Waals surface area contributed by atoms with Gasteiger partial charge in [-0.15, -0.1) is 0 Å². The second-order valence-corrected chi connectivity index (χ2v) is 27.6. The molecule has 13 atom stereocenters. The molecule has 10 rings (SSSR count). The van der Waals surface area contributed by atoms with Crippen molar-refractivity contribution < 1.29 is 97.8 Å². The number of carbonyl (C=O) groups is 9. The molecule has 0 spiro atoms. The van der Waals surface area contributed by atoms with Gasteiger partial charge in [0.15, 0.2) is 11.5 Å². The van der Waals surface area contributed by atoms with E-state index in [1.807, 2.05) is 97.1 Å². The van der Waals surface area contributed by atoms with Gasteiger partial charge in [-0.1, -0.05) is 110 Å². The molecule has 5 aromatic rings. The summed E-state index contributed by atoms with van der Waals surface area (Å²) in [5.41, 5.74) is 7.04. The van der Waals surface area contributed by atoms with Gasteiger partial charge in [-0.3, -0.25) is 28.8 Å². The summed E-state index contributed by atoms with van der Waals surface area (Å²) in [6, 6.07) is 23.5. The lowest BCUT2D eigenvalue weighted by Crippen LogP contribution is -2.64. The summed E-state index contributed by atoms with van der Waals surface area (Å²) in [6.45, 7) is 4.91. The van der Waals surface area contributed by atoms with E-state index in [0.29, 0.717) is 0 Å². The van der Waals surface area contributed by atoms with E-state index in [-0.39, 0.29) is 61.8 Å². The van der Waals surface area contributed by atoms with Crippen LogP contribution >= 0.6 is 0 Å². The average Bonchev–Trinajstić information content (AvgIpc) is 1.62. The summed E-state index contributed by atoms with van der Waals surface area (Å²) in [5.74, 6) is -9.04. The third-order valence-corrected chi connectivity index (χ3v) is 19.0. The van der Waals surface area contributed by atoms with Crippen LogP contribution in [0.25, 0.3) is 22.3 Å². The Bertz CT molecular complexity index is 3830. The molecule has 13 N–H and O–H groups in total. The molecule has 2 aliphatic carbocycles. The molecule has 0 radical (unpaired) electrons. The third kappa shape index (κ3) is 17.3. The molecule has 0 bridgehead atoms. The quantitative estimate of drug-likeness (QED) is 0.0588. The molecule has 29 heteroatoms. The van der Waals surface area contributed by atoms with Crippen molar-refractivity contribution in [1.29, 1.82) is 0 Å². The molecule has 3 saturated heterocycles. The zero-order valence-electron chi connectivity index (χ0n) is 57.4. The summed E-state index contributed by atoms with van der Waals surface area (Å²) in [7, 11) is 1.50. The van der Waals surface area contributed by atoms with Crippen molar-refractivity contribution in [2.24, 2.45) is 5.92 Å². The number of hydrogen-bond donors (Lipinski definition) is 13. The molecular weight excluding hydrogens is 1320 g/mol. The number of aromatic hydroxyl groups is 1. The van der Waals surface area contributed by atoms with Crippen molar-refractivity contribution in [3.63, 3.8) is 0 Å². The number of fused-ring (bicyclic) bond motifs is 8. The van der Waals surface area contributed by atoms with Gasteiger partial charge in [-0.2, -0.15) is 0 Å². The number of amides is 9. The smallest absolute Gasteiger partial charge is 0.409 e. The maximum absolute atomic E-state index is 15.3. The molecule has 9 amide bonds. The Morgan fingerprint density at radius 2 is 1.20 bits per heavy atom. The van der Waals surface area contributed by atoms with E-state index in [2.05, 4.69) is 31.9 Å². The number of phenols is 1. The number of likely N-dealkylation sites (N-methyl/N-ethyl adjacent to an activating group) is 1. The highest BCUT2D eigenvalue weighted by atomic mass is 16.6. The molecule has 3 fully saturated rings. The fraction of sp³-hybridized carbons (Fsp3) is 0.466. The van der Waals surface area contributed by atoms with Crippen molar-refractivity contribution in [3.05, 3.63) is 143 Å². The van der Waals surface area contributed by atoms with Crippen LogP contribution in [0.2, 0.25) is 0 Å². The van der Waals surface area contributed by atoms with Crippen LogP contribution in [0.3, 0.4) is 0 Å². The fourth-order valence-electron chi connectivity index (χ4n) is 13.8. The van der Waals surface area contributed by atoms with E-state index in [9.17, 15) is 69.3 Å². The summed E-state index contributed by atoms with van der Waals surface area (Å²) < 4.78 is 22.8. The molecular formula is C73H89N9O20. The molecule has 5 aliphatic rings. The van der Waals surface area contributed by atoms with E-state index < -0.39 is 183 Å². The molecule has 1 unspecified atom stereocenters. The van der Waals surface area contributed by atoms with Gasteiger partial charge in [0.1, 0.15) is 61.7 Å². The van der Waals surface area contributed by atoms with Gasteiger partial charge in [0.2, 0.25) is 35.4 Å². The van der Waals surface area contributed by atoms with Gasteiger partial charge in [-0.25, -0.2) is 14.4 Å². The first-order valence-electron chi connectivity index (χ1n) is 34.0. The molecule has 29 nitrogen and oxygen atoms in total. The van der Waals surface area contributed by atoms with Crippen LogP contribution < -0.4 is 36.6 Å². The molecule has 0 saturated carbocycles. The number of rotatable bonds is 17. The molecule has 5 aromatic carbocycles. The number of nitrogens with one attached hydrogen (secondary N) is 6. The van der Waals surface area contributed by atoms with Crippen molar-refractivity contribution >= 4 is 53.7 Å². The van der Waals surface area contributed by atoms with Crippen LogP contribution in [-0.2, 0) is 49.4 Å². The largest absolute Gasteiger partial charge is 0.504 e. The lowest BCUT2D eigenvalue weighted by Gasteiger charge is -2.34. The Morgan fingerprint density at radius 1 is 0.647 bits per heavy atom. The summed E-state index contributed by atoms with van der Waals surface area (Å²) in [6.07, 6.45) is -15.6. The van der Waals surface area contributed by atoms with E-state index in [1.54, 1.807) is 0 Å². The van der Waals surface area contributed by atoms with Crippen LogP contribution in [0.15, 0.2) is 115 Å². The Labute approximate surface area is 588 Å². The van der Waals surface area contributed by atoms with Crippen LogP contribution in [0.4, 0.5) is 14.4 Å². The van der Waals surface area contributed by atoms with Crippen molar-refractivity contribution in [2.75, 3.05) is 59.6 Å². The molecule has 3 aliphatic heterocycles. The number of hydrogen-bond acceptors (Lipinski definition) is 20. The molecule has 546 valence electrons. The number of aliphatic hydroxyl groups excluding tert-OH is 6. The minimum atomic E-state index is -2.18. The highest BCUT2D eigenvalue weighted by Gasteiger charge is 2.50. The van der Waals surface area contributed by atoms with E-state index in [1.165, 1.54) is 57.8 Å². The number of alkyl carbamates (subject to hydrolysis) is 2. The van der Waals surface area contributed by atoms with E-state index >= 15 is 9.59 Å². The summed E-state index contributed by atoms with van der Waals surface area (Å²) >= 11 is 0. The first-order valence-corrected chi connectivity index (χ1v) is 34.0. The topological polar surface area (TPSA) is 414 Å². The van der Waals surface area contributed by atoms with E-state index in [4.69, 9.17) is 18.9 Å². The highest BCUT2D eigenvalue weighted by molar-refractivity contribution is 5.98. The SMILES string of the molecule is C[C@@H](O)[C@@H]1NC(=O)C(NC(=O)OC(C)(C)C)C[C@@H](O)CNC(=O)[C@@H]2[C@@H](O)[C@@H](C)CN2C(=O)[C@H]([C@H](O)CCNC(=O)OCC2c3ccccc3-c3ccccc32)NC(=O)[C@H]([C@H](O)Cc2ccc(O)c(OCCN(C)C(=O)OCC3c4ccccc4-c4ccccc43)c2)NC(=O)[C@@H]2C[C@@H](O)CN2C1=O. The first kappa shape index (κ1) is 74.8. The van der Waals surface area contributed by atoms with Crippen LogP contribution in [0.1, 0.15) is 93.5 Å². The minimum absolute atomic E-state index is 0.0379. The number of benzene rings is 5. The zero-order valence-corrected chi connectivity index (χ0v) is 57.4. The third-order valence-electron chi connectivity index (χ3n) is 19.0. The van der Waals surface area contributed by atoms with Gasteiger partial charge < -0.3 is 101 Å². The van der Waals surface area contributed by atoms with Crippen molar-refractivity contribution in [2.45, 2.75) is 151 Å². The first-order chi connectivity index (χ1) is 48.6. The normalized spacial score (nSPS) is 24.3. The standard InChI is InChI=1S/C73H89N9O20/c1-38-34-82-62(63(38)89)67(93)75-33-41(84)31-53(76-71(97)102-73(3,4)5)64(90)77-59(39(2)83)68(94)81-35-42(85)32-54(81)65(91)78-60(66(92)79-61(69(82)95)56(87)25-26-74-70(96)100-36-51-47-19-11-7-15-43(47)44-16-8-12-20-48(44)51)57(88)29-40-23-24-55(86)58(30-40)99-28-27-80(6)72(98)101-37-52-49-21-13-9-17-45(49)46-18-10-14-22-50(46)52/h7-24,30,38-39,41-42,51-54,56-57,59-63,83-89H,25-29,31-37H2,1-6H3,(H,74,96)(H,75,93)(H,76,97)(H,77,90)(H,78,91)(H,79,92)/t38-,39+,41+,42+,53?,54-,56+,57+,59-,60-,61-,62-,63-/m0/s1. The number of ether oxygens (including phenoxy) is 4. The van der Waals surface area contributed by atoms with Gasteiger partial charge in [0.25, 0.3) is 0 Å². The lowest BCUT2D eigenvalue weighted by molar-refractivity contribution is -0.147. The van der Waals surface area contributed by atoms with Crippen molar-refractivity contribution in [3.8, 4) is 33.8 Å². The van der Waals surface area contributed by atoms with Crippen molar-refractivity contribution in [1.82, 2.24) is 46.6 Å². The number of carbonyl (C=O) groups excluding carboxylic acids is 9. The number of aliphatic hydroxyl groups is 6. The zero-order chi connectivity index (χ0) is 73.4. The van der Waals surface area contributed by atoms with Crippen LogP contribution in [0, 0.1) is 5.92 Å².